The molecule has 3 nitrogen and oxygen atoms in total. The topological polar surface area (TPSA) is 43.4 Å². The van der Waals surface area contributed by atoms with Crippen LogP contribution in [0.4, 0.5) is 0 Å². The number of esters is 1. The fourth-order valence-electron chi connectivity index (χ4n) is 2.62. The summed E-state index contributed by atoms with van der Waals surface area (Å²) in [7, 11) is 0. The molecule has 1 aromatic carbocycles. The third-order valence-electron chi connectivity index (χ3n) is 3.80. The van der Waals surface area contributed by atoms with E-state index in [2.05, 4.69) is 6.58 Å². The summed E-state index contributed by atoms with van der Waals surface area (Å²) in [5, 5.41) is 0. The third kappa shape index (κ3) is 2.46. The molecule has 2 rings (SSSR count). The minimum atomic E-state index is -1.10. The highest BCUT2D eigenvalue weighted by molar-refractivity contribution is 6.06. The van der Waals surface area contributed by atoms with Gasteiger partial charge in [-0.15, -0.1) is 0 Å². The molecule has 0 saturated heterocycles. The van der Waals surface area contributed by atoms with Gasteiger partial charge in [0.2, 0.25) is 0 Å². The predicted octanol–water partition coefficient (Wildman–Crippen LogP) is 3.05. The smallest absolute Gasteiger partial charge is 0.324 e. The Bertz CT molecular complexity index is 504. The van der Waals surface area contributed by atoms with Crippen LogP contribution < -0.4 is 0 Å². The molecule has 0 N–H and O–H groups in total. The van der Waals surface area contributed by atoms with Crippen LogP contribution in [0.15, 0.2) is 42.5 Å². The first-order valence-corrected chi connectivity index (χ1v) is 6.48. The Balaban J connectivity index is 2.10. The molecule has 1 aromatic rings. The molecule has 100 valence electrons. The normalized spacial score (nSPS) is 22.3. The average molecular weight is 258 g/mol. The van der Waals surface area contributed by atoms with E-state index in [1.54, 1.807) is 0 Å². The van der Waals surface area contributed by atoms with Gasteiger partial charge >= 0.3 is 5.97 Å². The van der Waals surface area contributed by atoms with Gasteiger partial charge in [0.15, 0.2) is 5.78 Å². The first-order valence-electron chi connectivity index (χ1n) is 6.48. The SMILES string of the molecule is C=C1CCCC1(C(C)=O)C(=O)OCc1ccccc1. The van der Waals surface area contributed by atoms with E-state index in [9.17, 15) is 9.59 Å². The highest BCUT2D eigenvalue weighted by Crippen LogP contribution is 2.44. The maximum Gasteiger partial charge on any atom is 0.324 e. The third-order valence-corrected chi connectivity index (χ3v) is 3.80. The van der Waals surface area contributed by atoms with Gasteiger partial charge in [-0.25, -0.2) is 0 Å². The van der Waals surface area contributed by atoms with E-state index in [4.69, 9.17) is 4.74 Å². The molecule has 1 saturated carbocycles. The van der Waals surface area contributed by atoms with E-state index in [0.717, 1.165) is 18.4 Å². The molecule has 0 heterocycles. The number of rotatable bonds is 4. The molecule has 1 fully saturated rings. The molecule has 0 bridgehead atoms. The van der Waals surface area contributed by atoms with Gasteiger partial charge in [-0.1, -0.05) is 42.5 Å². The van der Waals surface area contributed by atoms with E-state index in [1.807, 2.05) is 30.3 Å². The van der Waals surface area contributed by atoms with E-state index in [1.165, 1.54) is 6.92 Å². The molecule has 0 aliphatic heterocycles. The lowest BCUT2D eigenvalue weighted by molar-refractivity contribution is -0.158. The number of carbonyl (C=O) groups excluding carboxylic acids is 2. The van der Waals surface area contributed by atoms with Crippen molar-refractivity contribution in [1.29, 1.82) is 0 Å². The lowest BCUT2D eigenvalue weighted by Gasteiger charge is -2.25. The zero-order valence-corrected chi connectivity index (χ0v) is 11.1. The largest absolute Gasteiger partial charge is 0.460 e. The number of ketones is 1. The van der Waals surface area contributed by atoms with Crippen LogP contribution in [0.1, 0.15) is 31.7 Å². The molecular formula is C16H18O3. The number of Topliss-reactive ketones (excluding diaryl/α,β-unsaturated/α-hetero) is 1. The summed E-state index contributed by atoms with van der Waals surface area (Å²) in [6.07, 6.45) is 2.06. The quantitative estimate of drug-likeness (QED) is 0.473. The molecule has 0 spiro atoms. The number of carbonyl (C=O) groups is 2. The summed E-state index contributed by atoms with van der Waals surface area (Å²) < 4.78 is 5.33. The molecule has 0 amide bonds. The van der Waals surface area contributed by atoms with Crippen LogP contribution in [0, 0.1) is 5.41 Å². The summed E-state index contributed by atoms with van der Waals surface area (Å²) in [6.45, 7) is 5.52. The fraction of sp³-hybridized carbons (Fsp3) is 0.375. The summed E-state index contributed by atoms with van der Waals surface area (Å²) in [5.74, 6) is -0.612. The Kier molecular flexibility index (Phi) is 3.84. The van der Waals surface area contributed by atoms with E-state index >= 15 is 0 Å². The zero-order chi connectivity index (χ0) is 13.9. The summed E-state index contributed by atoms with van der Waals surface area (Å²) in [6, 6.07) is 9.45. The molecule has 1 atom stereocenters. The Morgan fingerprint density at radius 1 is 1.32 bits per heavy atom. The van der Waals surface area contributed by atoms with Crippen LogP contribution in [-0.2, 0) is 20.9 Å². The number of benzene rings is 1. The van der Waals surface area contributed by atoms with Crippen molar-refractivity contribution in [3.8, 4) is 0 Å². The predicted molar refractivity (Wildman–Crippen MR) is 72.3 cm³/mol. The summed E-state index contributed by atoms with van der Waals surface area (Å²) >= 11 is 0. The minimum Gasteiger partial charge on any atom is -0.460 e. The maximum atomic E-state index is 12.3. The second kappa shape index (κ2) is 5.39. The Morgan fingerprint density at radius 3 is 2.53 bits per heavy atom. The van der Waals surface area contributed by atoms with Gasteiger partial charge in [0.05, 0.1) is 0 Å². The van der Waals surface area contributed by atoms with Gasteiger partial charge in [0.25, 0.3) is 0 Å². The van der Waals surface area contributed by atoms with Crippen molar-refractivity contribution in [3.63, 3.8) is 0 Å². The average Bonchev–Trinajstić information content (AvgIpc) is 2.80. The first-order chi connectivity index (χ1) is 9.07. The standard InChI is InChI=1S/C16H18O3/c1-12-7-6-10-16(12,13(2)17)15(18)19-11-14-8-4-3-5-9-14/h3-5,8-9H,1,6-7,10-11H2,2H3. The van der Waals surface area contributed by atoms with Crippen LogP contribution >= 0.6 is 0 Å². The summed E-state index contributed by atoms with van der Waals surface area (Å²) in [5.41, 5.74) is 0.505. The van der Waals surface area contributed by atoms with Gasteiger partial charge in [-0.05, 0) is 31.7 Å². The van der Waals surface area contributed by atoms with Crippen molar-refractivity contribution < 1.29 is 14.3 Å². The molecule has 1 aliphatic carbocycles. The van der Waals surface area contributed by atoms with Crippen LogP contribution in [0.2, 0.25) is 0 Å². The Hall–Kier alpha value is -1.90. The first kappa shape index (κ1) is 13.5. The Labute approximate surface area is 113 Å². The van der Waals surface area contributed by atoms with Crippen LogP contribution in [0.5, 0.6) is 0 Å². The van der Waals surface area contributed by atoms with Crippen molar-refractivity contribution in [2.45, 2.75) is 32.8 Å². The van der Waals surface area contributed by atoms with Crippen molar-refractivity contribution in [2.24, 2.45) is 5.41 Å². The second-order valence-corrected chi connectivity index (χ2v) is 4.98. The molecule has 1 unspecified atom stereocenters. The van der Waals surface area contributed by atoms with E-state index in [0.29, 0.717) is 12.0 Å². The lowest BCUT2D eigenvalue weighted by atomic mass is 9.79. The van der Waals surface area contributed by atoms with Crippen LogP contribution in [0.3, 0.4) is 0 Å². The van der Waals surface area contributed by atoms with Crippen molar-refractivity contribution in [3.05, 3.63) is 48.0 Å². The molecule has 3 heteroatoms. The van der Waals surface area contributed by atoms with E-state index < -0.39 is 11.4 Å². The number of hydrogen-bond donors (Lipinski definition) is 0. The maximum absolute atomic E-state index is 12.3. The monoisotopic (exact) mass is 258 g/mol. The molecular weight excluding hydrogens is 240 g/mol. The minimum absolute atomic E-state index is 0.159. The Morgan fingerprint density at radius 2 is 2.00 bits per heavy atom. The van der Waals surface area contributed by atoms with Crippen molar-refractivity contribution in [1.82, 2.24) is 0 Å². The van der Waals surface area contributed by atoms with Gasteiger partial charge in [0, 0.05) is 0 Å². The summed E-state index contributed by atoms with van der Waals surface area (Å²) in [4.78, 5) is 24.2. The molecule has 0 aromatic heterocycles. The van der Waals surface area contributed by atoms with Gasteiger partial charge in [0.1, 0.15) is 12.0 Å². The highest BCUT2D eigenvalue weighted by Gasteiger charge is 2.49. The zero-order valence-electron chi connectivity index (χ0n) is 11.1. The molecule has 19 heavy (non-hydrogen) atoms. The van der Waals surface area contributed by atoms with Gasteiger partial charge in [-0.2, -0.15) is 0 Å². The molecule has 0 radical (unpaired) electrons. The molecule has 1 aliphatic rings. The van der Waals surface area contributed by atoms with Gasteiger partial charge < -0.3 is 4.74 Å². The fourth-order valence-corrected chi connectivity index (χ4v) is 2.62. The highest BCUT2D eigenvalue weighted by atomic mass is 16.5. The van der Waals surface area contributed by atoms with Gasteiger partial charge in [-0.3, -0.25) is 9.59 Å². The second-order valence-electron chi connectivity index (χ2n) is 4.98. The van der Waals surface area contributed by atoms with Crippen LogP contribution in [-0.4, -0.2) is 11.8 Å². The number of hydrogen-bond acceptors (Lipinski definition) is 3. The van der Waals surface area contributed by atoms with Crippen molar-refractivity contribution >= 4 is 11.8 Å². The lowest BCUT2D eigenvalue weighted by Crippen LogP contribution is -2.38. The number of ether oxygens (including phenoxy) is 1. The van der Waals surface area contributed by atoms with E-state index in [-0.39, 0.29) is 12.4 Å². The van der Waals surface area contributed by atoms with Crippen molar-refractivity contribution in [2.75, 3.05) is 0 Å². The van der Waals surface area contributed by atoms with Crippen LogP contribution in [0.25, 0.3) is 0 Å².